The third-order valence-electron chi connectivity index (χ3n) is 4.30. The Morgan fingerprint density at radius 1 is 1.08 bits per heavy atom. The quantitative estimate of drug-likeness (QED) is 0.666. The summed E-state index contributed by atoms with van der Waals surface area (Å²) in [6.07, 6.45) is -0.876. The summed E-state index contributed by atoms with van der Waals surface area (Å²) in [4.78, 5) is 31.1. The standard InChI is InChI=1S/C20H16N2O4/c1-25-20(24)18-12-22(16-8-4-5-9-17(16)26-18)19(23)15-11-10-13-6-2-3-7-14(13)21-15/h2-11,18H,12H2,1H3/t18-/m0/s1. The summed E-state index contributed by atoms with van der Waals surface area (Å²) in [5.41, 5.74) is 1.65. The zero-order valence-corrected chi connectivity index (χ0v) is 14.1. The van der Waals surface area contributed by atoms with E-state index < -0.39 is 12.1 Å². The molecule has 1 aliphatic heterocycles. The minimum atomic E-state index is -0.876. The summed E-state index contributed by atoms with van der Waals surface area (Å²) in [5.74, 6) is -0.354. The van der Waals surface area contributed by atoms with Gasteiger partial charge in [-0.2, -0.15) is 0 Å². The Hall–Kier alpha value is -3.41. The maximum atomic E-state index is 13.1. The number of para-hydroxylation sites is 3. The van der Waals surface area contributed by atoms with Crippen LogP contribution in [0, 0.1) is 0 Å². The van der Waals surface area contributed by atoms with Crippen molar-refractivity contribution in [3.05, 3.63) is 66.4 Å². The molecule has 4 rings (SSSR count). The number of ether oxygens (including phenoxy) is 2. The van der Waals surface area contributed by atoms with Crippen molar-refractivity contribution in [1.29, 1.82) is 0 Å². The van der Waals surface area contributed by atoms with Gasteiger partial charge in [0.15, 0.2) is 0 Å². The van der Waals surface area contributed by atoms with Gasteiger partial charge in [0.05, 0.1) is 24.9 Å². The average Bonchev–Trinajstić information content (AvgIpc) is 2.71. The van der Waals surface area contributed by atoms with Crippen LogP contribution in [0.25, 0.3) is 10.9 Å². The molecule has 0 unspecified atom stereocenters. The van der Waals surface area contributed by atoms with Gasteiger partial charge in [-0.15, -0.1) is 0 Å². The molecule has 6 nitrogen and oxygen atoms in total. The van der Waals surface area contributed by atoms with Crippen molar-refractivity contribution in [2.45, 2.75) is 6.10 Å². The Kier molecular flexibility index (Phi) is 4.01. The van der Waals surface area contributed by atoms with E-state index in [-0.39, 0.29) is 12.5 Å². The van der Waals surface area contributed by atoms with Crippen LogP contribution in [0.5, 0.6) is 5.75 Å². The molecule has 0 bridgehead atoms. The second-order valence-electron chi connectivity index (χ2n) is 5.90. The molecule has 1 amide bonds. The topological polar surface area (TPSA) is 68.7 Å². The van der Waals surface area contributed by atoms with Gasteiger partial charge < -0.3 is 9.47 Å². The summed E-state index contributed by atoms with van der Waals surface area (Å²) in [5, 5.41) is 0.957. The molecule has 0 radical (unpaired) electrons. The molecule has 130 valence electrons. The fraction of sp³-hybridized carbons (Fsp3) is 0.150. The molecule has 1 aromatic heterocycles. The first-order chi connectivity index (χ1) is 12.7. The summed E-state index contributed by atoms with van der Waals surface area (Å²) in [6.45, 7) is 0.0665. The van der Waals surface area contributed by atoms with Crippen LogP contribution < -0.4 is 9.64 Å². The number of rotatable bonds is 2. The first-order valence-corrected chi connectivity index (χ1v) is 8.18. The summed E-state index contributed by atoms with van der Waals surface area (Å²) >= 11 is 0. The number of hydrogen-bond donors (Lipinski definition) is 0. The minimum Gasteiger partial charge on any atom is -0.475 e. The zero-order valence-electron chi connectivity index (χ0n) is 14.1. The maximum absolute atomic E-state index is 13.1. The third-order valence-corrected chi connectivity index (χ3v) is 4.30. The van der Waals surface area contributed by atoms with Crippen molar-refractivity contribution < 1.29 is 19.1 Å². The van der Waals surface area contributed by atoms with Crippen molar-refractivity contribution in [3.8, 4) is 5.75 Å². The highest BCUT2D eigenvalue weighted by molar-refractivity contribution is 6.07. The number of carbonyl (C=O) groups excluding carboxylic acids is 2. The average molecular weight is 348 g/mol. The molecule has 26 heavy (non-hydrogen) atoms. The molecule has 0 saturated carbocycles. The van der Waals surface area contributed by atoms with Crippen molar-refractivity contribution in [2.24, 2.45) is 0 Å². The normalized spacial score (nSPS) is 15.9. The van der Waals surface area contributed by atoms with Crippen molar-refractivity contribution in [2.75, 3.05) is 18.6 Å². The number of pyridine rings is 1. The number of amides is 1. The SMILES string of the molecule is COC(=O)[C@@H]1CN(C(=O)c2ccc3ccccc3n2)c2ccccc2O1. The van der Waals surface area contributed by atoms with E-state index in [1.54, 1.807) is 24.3 Å². The van der Waals surface area contributed by atoms with Crippen molar-refractivity contribution in [3.63, 3.8) is 0 Å². The molecule has 0 fully saturated rings. The van der Waals surface area contributed by atoms with E-state index >= 15 is 0 Å². The molecular formula is C20H16N2O4. The van der Waals surface area contributed by atoms with Crippen LogP contribution in [0.1, 0.15) is 10.5 Å². The molecule has 2 heterocycles. The van der Waals surface area contributed by atoms with Crippen LogP contribution in [0.2, 0.25) is 0 Å². The second kappa shape index (κ2) is 6.48. The van der Waals surface area contributed by atoms with Gasteiger partial charge in [0, 0.05) is 5.39 Å². The first-order valence-electron chi connectivity index (χ1n) is 8.18. The Morgan fingerprint density at radius 2 is 1.85 bits per heavy atom. The smallest absolute Gasteiger partial charge is 0.348 e. The van der Waals surface area contributed by atoms with E-state index in [0.29, 0.717) is 17.1 Å². The number of aromatic nitrogens is 1. The zero-order chi connectivity index (χ0) is 18.1. The molecular weight excluding hydrogens is 332 g/mol. The van der Waals surface area contributed by atoms with E-state index in [9.17, 15) is 9.59 Å². The van der Waals surface area contributed by atoms with Crippen molar-refractivity contribution >= 4 is 28.5 Å². The van der Waals surface area contributed by atoms with Crippen LogP contribution in [-0.4, -0.2) is 36.6 Å². The van der Waals surface area contributed by atoms with Gasteiger partial charge in [0.2, 0.25) is 6.10 Å². The van der Waals surface area contributed by atoms with E-state index in [0.717, 1.165) is 10.9 Å². The molecule has 6 heteroatoms. The Bertz CT molecular complexity index is 1000. The highest BCUT2D eigenvalue weighted by Gasteiger charge is 2.35. The summed E-state index contributed by atoms with van der Waals surface area (Å²) < 4.78 is 10.5. The number of benzene rings is 2. The number of methoxy groups -OCH3 is 1. The lowest BCUT2D eigenvalue weighted by atomic mass is 10.1. The Morgan fingerprint density at radius 3 is 2.69 bits per heavy atom. The number of nitrogens with zero attached hydrogens (tertiary/aromatic N) is 2. The number of anilines is 1. The summed E-state index contributed by atoms with van der Waals surface area (Å²) in [6, 6.07) is 18.2. The van der Waals surface area contributed by atoms with E-state index in [4.69, 9.17) is 9.47 Å². The lowest BCUT2D eigenvalue weighted by molar-refractivity contribution is -0.148. The largest absolute Gasteiger partial charge is 0.475 e. The van der Waals surface area contributed by atoms with Crippen LogP contribution >= 0.6 is 0 Å². The number of esters is 1. The lowest BCUT2D eigenvalue weighted by Gasteiger charge is -2.33. The van der Waals surface area contributed by atoms with E-state index in [1.807, 2.05) is 36.4 Å². The van der Waals surface area contributed by atoms with Gasteiger partial charge in [0.1, 0.15) is 11.4 Å². The van der Waals surface area contributed by atoms with Gasteiger partial charge in [-0.3, -0.25) is 9.69 Å². The van der Waals surface area contributed by atoms with Crippen molar-refractivity contribution in [1.82, 2.24) is 4.98 Å². The highest BCUT2D eigenvalue weighted by Crippen LogP contribution is 2.34. The maximum Gasteiger partial charge on any atom is 0.348 e. The van der Waals surface area contributed by atoms with Gasteiger partial charge in [-0.05, 0) is 24.3 Å². The predicted octanol–water partition coefficient (Wildman–Crippen LogP) is 2.82. The Labute approximate surface area is 150 Å². The highest BCUT2D eigenvalue weighted by atomic mass is 16.6. The molecule has 2 aromatic carbocycles. The minimum absolute atomic E-state index is 0.0665. The molecule has 0 aliphatic carbocycles. The van der Waals surface area contributed by atoms with E-state index in [2.05, 4.69) is 4.98 Å². The molecule has 3 aromatic rings. The molecule has 1 aliphatic rings. The predicted molar refractivity (Wildman–Crippen MR) is 96.3 cm³/mol. The molecule has 0 N–H and O–H groups in total. The van der Waals surface area contributed by atoms with Gasteiger partial charge >= 0.3 is 5.97 Å². The number of carbonyl (C=O) groups is 2. The van der Waals surface area contributed by atoms with E-state index in [1.165, 1.54) is 12.0 Å². The summed E-state index contributed by atoms with van der Waals surface area (Å²) in [7, 11) is 1.29. The third kappa shape index (κ3) is 2.75. The monoisotopic (exact) mass is 348 g/mol. The van der Waals surface area contributed by atoms with Gasteiger partial charge in [0.25, 0.3) is 5.91 Å². The molecule has 1 atom stereocenters. The number of hydrogen-bond acceptors (Lipinski definition) is 5. The lowest BCUT2D eigenvalue weighted by Crippen LogP contribution is -2.47. The molecule has 0 saturated heterocycles. The molecule has 0 spiro atoms. The van der Waals surface area contributed by atoms with Gasteiger partial charge in [-0.25, -0.2) is 9.78 Å². The fourth-order valence-corrected chi connectivity index (χ4v) is 3.00. The van der Waals surface area contributed by atoms with Crippen LogP contribution in [0.15, 0.2) is 60.7 Å². The second-order valence-corrected chi connectivity index (χ2v) is 5.90. The van der Waals surface area contributed by atoms with Crippen LogP contribution in [0.4, 0.5) is 5.69 Å². The van der Waals surface area contributed by atoms with Crippen LogP contribution in [-0.2, 0) is 9.53 Å². The Balaban J connectivity index is 1.74. The van der Waals surface area contributed by atoms with Crippen LogP contribution in [0.3, 0.4) is 0 Å². The number of fused-ring (bicyclic) bond motifs is 2. The first kappa shape index (κ1) is 16.1. The fourth-order valence-electron chi connectivity index (χ4n) is 3.00. The van der Waals surface area contributed by atoms with Gasteiger partial charge in [-0.1, -0.05) is 36.4 Å².